The molecular formula is C9H13N3O3. The van der Waals surface area contributed by atoms with Crippen molar-refractivity contribution in [3.63, 3.8) is 0 Å². The topological polar surface area (TPSA) is 73.2 Å². The van der Waals surface area contributed by atoms with E-state index in [1.54, 1.807) is 20.0 Å². The lowest BCUT2D eigenvalue weighted by atomic mass is 10.4. The van der Waals surface area contributed by atoms with Gasteiger partial charge < -0.3 is 10.1 Å². The number of ether oxygens (including phenoxy) is 1. The summed E-state index contributed by atoms with van der Waals surface area (Å²) in [6, 6.07) is 1.57. The van der Waals surface area contributed by atoms with Crippen LogP contribution in [0.25, 0.3) is 0 Å². The van der Waals surface area contributed by atoms with Crippen LogP contribution >= 0.6 is 0 Å². The zero-order chi connectivity index (χ0) is 11.3. The summed E-state index contributed by atoms with van der Waals surface area (Å²) in [4.78, 5) is 22.4. The molecular weight excluding hydrogens is 198 g/mol. The van der Waals surface area contributed by atoms with Crippen LogP contribution in [0, 0.1) is 0 Å². The van der Waals surface area contributed by atoms with E-state index < -0.39 is 5.97 Å². The van der Waals surface area contributed by atoms with Crippen molar-refractivity contribution in [1.82, 2.24) is 15.1 Å². The molecule has 0 atom stereocenters. The molecule has 0 aliphatic heterocycles. The lowest BCUT2D eigenvalue weighted by Crippen LogP contribution is -2.31. The standard InChI is InChI=1S/C9H13N3O3/c1-3-15-8(13)6-10-9(14)7-4-5-11-12(7)2/h4-5H,3,6H2,1-2H3,(H,10,14). The van der Waals surface area contributed by atoms with Crippen molar-refractivity contribution in [2.45, 2.75) is 6.92 Å². The molecule has 0 aromatic carbocycles. The van der Waals surface area contributed by atoms with Gasteiger partial charge in [-0.15, -0.1) is 0 Å². The molecule has 1 aromatic heterocycles. The highest BCUT2D eigenvalue weighted by molar-refractivity contribution is 5.94. The maximum atomic E-state index is 11.5. The Morgan fingerprint density at radius 1 is 1.60 bits per heavy atom. The first-order valence-electron chi connectivity index (χ1n) is 4.57. The second-order valence-electron chi connectivity index (χ2n) is 2.83. The first-order valence-corrected chi connectivity index (χ1v) is 4.57. The molecule has 1 rings (SSSR count). The molecule has 1 amide bonds. The van der Waals surface area contributed by atoms with Gasteiger partial charge in [0.25, 0.3) is 5.91 Å². The largest absolute Gasteiger partial charge is 0.465 e. The number of carbonyl (C=O) groups is 2. The zero-order valence-corrected chi connectivity index (χ0v) is 8.69. The smallest absolute Gasteiger partial charge is 0.325 e. The van der Waals surface area contributed by atoms with Crippen LogP contribution in [0.4, 0.5) is 0 Å². The summed E-state index contributed by atoms with van der Waals surface area (Å²) in [6.45, 7) is 1.89. The van der Waals surface area contributed by atoms with Gasteiger partial charge in [0.05, 0.1) is 6.61 Å². The van der Waals surface area contributed by atoms with Crippen molar-refractivity contribution in [3.8, 4) is 0 Å². The highest BCUT2D eigenvalue weighted by atomic mass is 16.5. The first kappa shape index (κ1) is 11.2. The summed E-state index contributed by atoms with van der Waals surface area (Å²) in [5.41, 5.74) is 0.402. The van der Waals surface area contributed by atoms with Crippen LogP contribution in [0.1, 0.15) is 17.4 Å². The number of aromatic nitrogens is 2. The van der Waals surface area contributed by atoms with E-state index in [4.69, 9.17) is 0 Å². The Hall–Kier alpha value is -1.85. The van der Waals surface area contributed by atoms with Crippen molar-refractivity contribution in [3.05, 3.63) is 18.0 Å². The van der Waals surface area contributed by atoms with Crippen LogP contribution in [0.2, 0.25) is 0 Å². The summed E-state index contributed by atoms with van der Waals surface area (Å²) >= 11 is 0. The van der Waals surface area contributed by atoms with E-state index in [9.17, 15) is 9.59 Å². The normalized spacial score (nSPS) is 9.73. The van der Waals surface area contributed by atoms with Gasteiger partial charge in [-0.2, -0.15) is 5.10 Å². The summed E-state index contributed by atoms with van der Waals surface area (Å²) in [6.07, 6.45) is 1.51. The number of nitrogens with zero attached hydrogens (tertiary/aromatic N) is 2. The van der Waals surface area contributed by atoms with Gasteiger partial charge in [-0.3, -0.25) is 14.3 Å². The molecule has 0 fully saturated rings. The Kier molecular flexibility index (Phi) is 3.84. The van der Waals surface area contributed by atoms with Crippen LogP contribution in [-0.4, -0.2) is 34.8 Å². The highest BCUT2D eigenvalue weighted by Gasteiger charge is 2.11. The Morgan fingerprint density at radius 3 is 2.87 bits per heavy atom. The molecule has 6 nitrogen and oxygen atoms in total. The molecule has 0 radical (unpaired) electrons. The third-order valence-electron chi connectivity index (χ3n) is 1.75. The maximum Gasteiger partial charge on any atom is 0.325 e. The zero-order valence-electron chi connectivity index (χ0n) is 8.69. The number of rotatable bonds is 4. The van der Waals surface area contributed by atoms with Crippen molar-refractivity contribution in [2.24, 2.45) is 7.05 Å². The fourth-order valence-electron chi connectivity index (χ4n) is 1.05. The van der Waals surface area contributed by atoms with E-state index >= 15 is 0 Å². The molecule has 0 saturated carbocycles. The monoisotopic (exact) mass is 211 g/mol. The fourth-order valence-corrected chi connectivity index (χ4v) is 1.05. The predicted molar refractivity (Wildman–Crippen MR) is 52.2 cm³/mol. The summed E-state index contributed by atoms with van der Waals surface area (Å²) in [7, 11) is 1.65. The Balaban J connectivity index is 2.44. The van der Waals surface area contributed by atoms with Crippen LogP contribution in [0.5, 0.6) is 0 Å². The predicted octanol–water partition coefficient (Wildman–Crippen LogP) is -0.287. The summed E-state index contributed by atoms with van der Waals surface area (Å²) < 4.78 is 6.09. The minimum atomic E-state index is -0.451. The SMILES string of the molecule is CCOC(=O)CNC(=O)c1ccnn1C. The molecule has 0 aliphatic rings. The van der Waals surface area contributed by atoms with Crippen LogP contribution in [0.15, 0.2) is 12.3 Å². The van der Waals surface area contributed by atoms with Gasteiger partial charge in [-0.05, 0) is 13.0 Å². The summed E-state index contributed by atoms with van der Waals surface area (Å²) in [5, 5.41) is 6.28. The van der Waals surface area contributed by atoms with Crippen molar-refractivity contribution >= 4 is 11.9 Å². The first-order chi connectivity index (χ1) is 7.15. The molecule has 0 spiro atoms. The molecule has 1 heterocycles. The van der Waals surface area contributed by atoms with E-state index in [2.05, 4.69) is 15.2 Å². The number of aryl methyl sites for hydroxylation is 1. The molecule has 0 bridgehead atoms. The van der Waals surface area contributed by atoms with Crippen molar-refractivity contribution < 1.29 is 14.3 Å². The second kappa shape index (κ2) is 5.14. The third-order valence-corrected chi connectivity index (χ3v) is 1.75. The van der Waals surface area contributed by atoms with Crippen LogP contribution in [0.3, 0.4) is 0 Å². The van der Waals surface area contributed by atoms with Gasteiger partial charge >= 0.3 is 5.97 Å². The Bertz CT molecular complexity index is 359. The van der Waals surface area contributed by atoms with E-state index in [1.807, 2.05) is 0 Å². The number of nitrogens with one attached hydrogen (secondary N) is 1. The van der Waals surface area contributed by atoms with Gasteiger partial charge in [0.2, 0.25) is 0 Å². The Labute approximate surface area is 87.2 Å². The quantitative estimate of drug-likeness (QED) is 0.695. The minimum absolute atomic E-state index is 0.127. The molecule has 15 heavy (non-hydrogen) atoms. The molecule has 0 saturated heterocycles. The average Bonchev–Trinajstić information content (AvgIpc) is 2.61. The van der Waals surface area contributed by atoms with Gasteiger partial charge in [0.1, 0.15) is 12.2 Å². The molecule has 1 N–H and O–H groups in total. The highest BCUT2D eigenvalue weighted by Crippen LogP contribution is 1.95. The van der Waals surface area contributed by atoms with E-state index in [1.165, 1.54) is 10.9 Å². The number of carbonyl (C=O) groups excluding carboxylic acids is 2. The average molecular weight is 211 g/mol. The molecule has 0 unspecified atom stereocenters. The van der Waals surface area contributed by atoms with Gasteiger partial charge in [0, 0.05) is 13.2 Å². The van der Waals surface area contributed by atoms with Gasteiger partial charge in [-0.25, -0.2) is 0 Å². The van der Waals surface area contributed by atoms with Crippen molar-refractivity contribution in [2.75, 3.05) is 13.2 Å². The third kappa shape index (κ3) is 3.08. The minimum Gasteiger partial charge on any atom is -0.465 e. The molecule has 6 heteroatoms. The number of esters is 1. The molecule has 1 aromatic rings. The Morgan fingerprint density at radius 2 is 2.33 bits per heavy atom. The van der Waals surface area contributed by atoms with E-state index in [0.717, 1.165) is 0 Å². The van der Waals surface area contributed by atoms with Gasteiger partial charge in [0.15, 0.2) is 0 Å². The van der Waals surface area contributed by atoms with Crippen LogP contribution < -0.4 is 5.32 Å². The van der Waals surface area contributed by atoms with Gasteiger partial charge in [-0.1, -0.05) is 0 Å². The second-order valence-corrected chi connectivity index (χ2v) is 2.83. The molecule has 0 aliphatic carbocycles. The van der Waals surface area contributed by atoms with Crippen molar-refractivity contribution in [1.29, 1.82) is 0 Å². The summed E-state index contributed by atoms with van der Waals surface area (Å²) in [5.74, 6) is -0.795. The fraction of sp³-hybridized carbons (Fsp3) is 0.444. The number of amides is 1. The van der Waals surface area contributed by atoms with E-state index in [0.29, 0.717) is 12.3 Å². The maximum absolute atomic E-state index is 11.5. The number of hydrogen-bond donors (Lipinski definition) is 1. The molecule has 82 valence electrons. The lowest BCUT2D eigenvalue weighted by molar-refractivity contribution is -0.141. The van der Waals surface area contributed by atoms with Crippen LogP contribution in [-0.2, 0) is 16.6 Å². The van der Waals surface area contributed by atoms with E-state index in [-0.39, 0.29) is 12.5 Å². The number of hydrogen-bond acceptors (Lipinski definition) is 4. The lowest BCUT2D eigenvalue weighted by Gasteiger charge is -2.04.